The summed E-state index contributed by atoms with van der Waals surface area (Å²) in [6.07, 6.45) is 0. The van der Waals surface area contributed by atoms with Crippen LogP contribution in [-0.4, -0.2) is 57.3 Å². The van der Waals surface area contributed by atoms with Gasteiger partial charge in [-0.1, -0.05) is 11.3 Å². The first kappa shape index (κ1) is 19.9. The van der Waals surface area contributed by atoms with Crippen LogP contribution in [0.2, 0.25) is 0 Å². The van der Waals surface area contributed by atoms with Gasteiger partial charge in [-0.2, -0.15) is 0 Å². The summed E-state index contributed by atoms with van der Waals surface area (Å²) in [7, 11) is 3.00. The molecule has 1 aliphatic heterocycles. The lowest BCUT2D eigenvalue weighted by atomic mass is 10.2. The molecule has 1 aromatic carbocycles. The number of rotatable bonds is 5. The number of benzene rings is 1. The quantitative estimate of drug-likeness (QED) is 0.723. The maximum absolute atomic E-state index is 12.5. The molecule has 2 heterocycles. The lowest BCUT2D eigenvalue weighted by Crippen LogP contribution is -2.41. The number of morpholine rings is 1. The summed E-state index contributed by atoms with van der Waals surface area (Å²) in [5.41, 5.74) is 5.79. The van der Waals surface area contributed by atoms with Crippen molar-refractivity contribution in [1.82, 2.24) is 15.8 Å². The Morgan fingerprint density at radius 1 is 1.11 bits per heavy atom. The Hall–Kier alpha value is -2.85. The van der Waals surface area contributed by atoms with Crippen molar-refractivity contribution in [1.29, 1.82) is 0 Å². The number of hydrogen-bond acceptors (Lipinski definition) is 8. The van der Waals surface area contributed by atoms with Crippen molar-refractivity contribution < 1.29 is 23.8 Å². The van der Waals surface area contributed by atoms with E-state index in [-0.39, 0.29) is 0 Å². The Morgan fingerprint density at radius 3 is 2.46 bits per heavy atom. The van der Waals surface area contributed by atoms with Gasteiger partial charge < -0.3 is 19.1 Å². The molecule has 9 nitrogen and oxygen atoms in total. The summed E-state index contributed by atoms with van der Waals surface area (Å²) >= 11 is 1.29. The molecular weight excluding hydrogens is 384 g/mol. The van der Waals surface area contributed by atoms with Gasteiger partial charge in [-0.25, -0.2) is 4.98 Å². The van der Waals surface area contributed by atoms with E-state index in [0.29, 0.717) is 40.8 Å². The highest BCUT2D eigenvalue weighted by Gasteiger charge is 2.21. The number of amides is 2. The van der Waals surface area contributed by atoms with E-state index in [9.17, 15) is 9.59 Å². The second-order valence-electron chi connectivity index (χ2n) is 5.99. The second-order valence-corrected chi connectivity index (χ2v) is 6.97. The largest absolute Gasteiger partial charge is 0.493 e. The standard InChI is InChI=1S/C18H22N4O5S/c1-11-15(28-18(19-11)22-6-8-27-9-7-22)17(24)21-20-16(23)12-4-5-13(25-2)14(10-12)26-3/h4-5,10H,6-9H2,1-3H3,(H,20,23)(H,21,24). The molecule has 3 rings (SSSR count). The number of aryl methyl sites for hydroxylation is 1. The summed E-state index contributed by atoms with van der Waals surface area (Å²) in [4.78, 5) is 31.8. The van der Waals surface area contributed by atoms with Gasteiger partial charge in [0.2, 0.25) is 0 Å². The van der Waals surface area contributed by atoms with Crippen LogP contribution in [0.1, 0.15) is 25.7 Å². The summed E-state index contributed by atoms with van der Waals surface area (Å²) in [5, 5.41) is 0.775. The zero-order chi connectivity index (χ0) is 20.1. The van der Waals surface area contributed by atoms with E-state index in [1.165, 1.54) is 31.6 Å². The van der Waals surface area contributed by atoms with Gasteiger partial charge in [-0.15, -0.1) is 0 Å². The van der Waals surface area contributed by atoms with Crippen LogP contribution in [0.5, 0.6) is 11.5 Å². The van der Waals surface area contributed by atoms with E-state index in [1.54, 1.807) is 19.1 Å². The van der Waals surface area contributed by atoms with E-state index in [0.717, 1.165) is 18.2 Å². The van der Waals surface area contributed by atoms with E-state index < -0.39 is 11.8 Å². The number of hydrogen-bond donors (Lipinski definition) is 2. The number of aromatic nitrogens is 1. The molecule has 1 saturated heterocycles. The van der Waals surface area contributed by atoms with Gasteiger partial charge in [0.05, 0.1) is 33.1 Å². The number of anilines is 1. The molecule has 0 spiro atoms. The van der Waals surface area contributed by atoms with Crippen LogP contribution in [0.15, 0.2) is 18.2 Å². The number of carbonyl (C=O) groups is 2. The number of thiazole rings is 1. The number of hydrazine groups is 1. The maximum atomic E-state index is 12.5. The van der Waals surface area contributed by atoms with Gasteiger partial charge in [-0.3, -0.25) is 20.4 Å². The van der Waals surface area contributed by atoms with E-state index in [2.05, 4.69) is 20.7 Å². The van der Waals surface area contributed by atoms with Gasteiger partial charge in [-0.05, 0) is 25.1 Å². The van der Waals surface area contributed by atoms with Crippen LogP contribution in [0.4, 0.5) is 5.13 Å². The normalized spacial score (nSPS) is 13.8. The average molecular weight is 406 g/mol. The molecule has 0 unspecified atom stereocenters. The first-order valence-corrected chi connectivity index (χ1v) is 9.48. The molecule has 2 N–H and O–H groups in total. The minimum atomic E-state index is -0.468. The SMILES string of the molecule is COc1ccc(C(=O)NNC(=O)c2sc(N3CCOCC3)nc2C)cc1OC. The molecule has 1 fully saturated rings. The molecule has 0 aliphatic carbocycles. The van der Waals surface area contributed by atoms with Gasteiger partial charge in [0.25, 0.3) is 11.8 Å². The van der Waals surface area contributed by atoms with Gasteiger partial charge >= 0.3 is 0 Å². The number of nitrogens with zero attached hydrogens (tertiary/aromatic N) is 2. The Morgan fingerprint density at radius 2 is 1.79 bits per heavy atom. The molecule has 28 heavy (non-hydrogen) atoms. The van der Waals surface area contributed by atoms with Crippen LogP contribution in [0.3, 0.4) is 0 Å². The summed E-state index contributed by atoms with van der Waals surface area (Å²) in [6.45, 7) is 4.53. The van der Waals surface area contributed by atoms with Crippen LogP contribution in [0, 0.1) is 6.92 Å². The lowest BCUT2D eigenvalue weighted by molar-refractivity contribution is 0.0848. The topological polar surface area (TPSA) is 102 Å². The number of ether oxygens (including phenoxy) is 3. The Kier molecular flexibility index (Phi) is 6.32. The molecule has 2 aromatic rings. The number of nitrogens with one attached hydrogen (secondary N) is 2. The van der Waals surface area contributed by atoms with Crippen LogP contribution in [-0.2, 0) is 4.74 Å². The first-order chi connectivity index (χ1) is 13.5. The van der Waals surface area contributed by atoms with Crippen molar-refractivity contribution in [3.63, 3.8) is 0 Å². The fourth-order valence-corrected chi connectivity index (χ4v) is 3.72. The molecule has 0 saturated carbocycles. The van der Waals surface area contributed by atoms with Crippen LogP contribution < -0.4 is 25.2 Å². The predicted molar refractivity (Wildman–Crippen MR) is 104 cm³/mol. The number of carbonyl (C=O) groups excluding carboxylic acids is 2. The zero-order valence-corrected chi connectivity index (χ0v) is 16.7. The maximum Gasteiger partial charge on any atom is 0.281 e. The Bertz CT molecular complexity index is 864. The van der Waals surface area contributed by atoms with Crippen molar-refractivity contribution in [2.75, 3.05) is 45.4 Å². The summed E-state index contributed by atoms with van der Waals surface area (Å²) in [6, 6.07) is 4.74. The molecule has 0 atom stereocenters. The predicted octanol–water partition coefficient (Wildman–Crippen LogP) is 1.38. The number of methoxy groups -OCH3 is 2. The molecule has 10 heteroatoms. The smallest absolute Gasteiger partial charge is 0.281 e. The molecule has 1 aromatic heterocycles. The monoisotopic (exact) mass is 406 g/mol. The first-order valence-electron chi connectivity index (χ1n) is 8.66. The Balaban J connectivity index is 1.64. The lowest BCUT2D eigenvalue weighted by Gasteiger charge is -2.25. The van der Waals surface area contributed by atoms with E-state index in [1.807, 2.05) is 0 Å². The third-order valence-electron chi connectivity index (χ3n) is 4.21. The van der Waals surface area contributed by atoms with Crippen molar-refractivity contribution in [3.05, 3.63) is 34.3 Å². The van der Waals surface area contributed by atoms with Crippen LogP contribution >= 0.6 is 11.3 Å². The highest BCUT2D eigenvalue weighted by Crippen LogP contribution is 2.28. The second kappa shape index (κ2) is 8.89. The highest BCUT2D eigenvalue weighted by molar-refractivity contribution is 7.17. The molecule has 1 aliphatic rings. The van der Waals surface area contributed by atoms with Gasteiger partial charge in [0.1, 0.15) is 4.88 Å². The van der Waals surface area contributed by atoms with Crippen molar-refractivity contribution in [3.8, 4) is 11.5 Å². The van der Waals surface area contributed by atoms with Gasteiger partial charge in [0.15, 0.2) is 16.6 Å². The fourth-order valence-electron chi connectivity index (χ4n) is 2.70. The molecule has 0 radical (unpaired) electrons. The fraction of sp³-hybridized carbons (Fsp3) is 0.389. The zero-order valence-electron chi connectivity index (χ0n) is 15.9. The minimum absolute atomic E-state index is 0.327. The van der Waals surface area contributed by atoms with Crippen LogP contribution in [0.25, 0.3) is 0 Å². The van der Waals surface area contributed by atoms with Crippen molar-refractivity contribution in [2.45, 2.75) is 6.92 Å². The summed E-state index contributed by atoms with van der Waals surface area (Å²) < 4.78 is 15.7. The Labute approximate surface area is 166 Å². The van der Waals surface area contributed by atoms with Crippen molar-refractivity contribution in [2.24, 2.45) is 0 Å². The molecule has 2 amide bonds. The van der Waals surface area contributed by atoms with E-state index >= 15 is 0 Å². The minimum Gasteiger partial charge on any atom is -0.493 e. The average Bonchev–Trinajstić information content (AvgIpc) is 3.13. The third-order valence-corrected chi connectivity index (χ3v) is 5.43. The third kappa shape index (κ3) is 4.34. The molecule has 150 valence electrons. The summed E-state index contributed by atoms with van der Waals surface area (Å²) in [5.74, 6) is 0.0575. The molecule has 0 bridgehead atoms. The highest BCUT2D eigenvalue weighted by atomic mass is 32.1. The molecular formula is C18H22N4O5S. The van der Waals surface area contributed by atoms with Gasteiger partial charge in [0, 0.05) is 18.7 Å². The van der Waals surface area contributed by atoms with E-state index in [4.69, 9.17) is 14.2 Å². The van der Waals surface area contributed by atoms with Crippen molar-refractivity contribution >= 4 is 28.3 Å².